The van der Waals surface area contributed by atoms with Crippen molar-refractivity contribution in [2.45, 2.75) is 0 Å². The smallest absolute Gasteiger partial charge is 0.270 e. The number of carbonyl (C=O) groups excluding carboxylic acids is 2. The molecule has 0 radical (unpaired) electrons. The van der Waals surface area contributed by atoms with Crippen molar-refractivity contribution in [2.75, 3.05) is 25.0 Å². The number of rotatable bonds is 10. The number of hydrogen-bond donors (Lipinski definition) is 1. The summed E-state index contributed by atoms with van der Waals surface area (Å²) in [5.41, 5.74) is 0.503. The number of carbonyl (C=O) groups is 2. The molecule has 0 aliphatic carbocycles. The van der Waals surface area contributed by atoms with Crippen LogP contribution in [0.15, 0.2) is 73.8 Å². The van der Waals surface area contributed by atoms with E-state index in [1.807, 2.05) is 0 Å². The zero-order chi connectivity index (χ0) is 21.2. The Balaban J connectivity index is 1.94. The van der Waals surface area contributed by atoms with Gasteiger partial charge in [0.25, 0.3) is 17.5 Å². The van der Waals surface area contributed by atoms with Gasteiger partial charge in [0, 0.05) is 36.5 Å². The Morgan fingerprint density at radius 2 is 1.76 bits per heavy atom. The Morgan fingerprint density at radius 3 is 2.34 bits per heavy atom. The van der Waals surface area contributed by atoms with Crippen LogP contribution >= 0.6 is 0 Å². The Kier molecular flexibility index (Phi) is 7.67. The van der Waals surface area contributed by atoms with Crippen molar-refractivity contribution in [3.8, 4) is 5.75 Å². The number of non-ortho nitro benzene ring substituents is 1. The van der Waals surface area contributed by atoms with Crippen molar-refractivity contribution in [3.63, 3.8) is 0 Å². The molecule has 0 bridgehead atoms. The zero-order valence-electron chi connectivity index (χ0n) is 15.7. The van der Waals surface area contributed by atoms with E-state index in [1.54, 1.807) is 41.3 Å². The quantitative estimate of drug-likeness (QED) is 0.377. The van der Waals surface area contributed by atoms with E-state index in [2.05, 4.69) is 18.5 Å². The van der Waals surface area contributed by atoms with Crippen molar-refractivity contribution < 1.29 is 19.2 Å². The van der Waals surface area contributed by atoms with E-state index < -0.39 is 10.8 Å². The average molecular weight is 395 g/mol. The van der Waals surface area contributed by atoms with Gasteiger partial charge in [-0.3, -0.25) is 19.7 Å². The largest absolute Gasteiger partial charge is 0.484 e. The molecule has 150 valence electrons. The van der Waals surface area contributed by atoms with Crippen molar-refractivity contribution in [3.05, 3.63) is 89.5 Å². The van der Waals surface area contributed by atoms with E-state index in [0.29, 0.717) is 24.5 Å². The van der Waals surface area contributed by atoms with Gasteiger partial charge in [0.1, 0.15) is 5.75 Å². The van der Waals surface area contributed by atoms with Gasteiger partial charge in [0.2, 0.25) is 0 Å². The summed E-state index contributed by atoms with van der Waals surface area (Å²) in [6.45, 7) is 7.89. The van der Waals surface area contributed by atoms with Gasteiger partial charge < -0.3 is 15.0 Å². The predicted molar refractivity (Wildman–Crippen MR) is 110 cm³/mol. The lowest BCUT2D eigenvalue weighted by Gasteiger charge is -2.19. The van der Waals surface area contributed by atoms with Gasteiger partial charge in [-0.25, -0.2) is 0 Å². The first-order valence-corrected chi connectivity index (χ1v) is 8.73. The molecule has 2 amide bonds. The molecule has 0 saturated carbocycles. The van der Waals surface area contributed by atoms with Crippen LogP contribution in [0.5, 0.6) is 5.75 Å². The monoisotopic (exact) mass is 395 g/mol. The maximum Gasteiger partial charge on any atom is 0.270 e. The van der Waals surface area contributed by atoms with Crippen LogP contribution in [0.25, 0.3) is 0 Å². The van der Waals surface area contributed by atoms with Crippen LogP contribution in [0, 0.1) is 10.1 Å². The normalized spacial score (nSPS) is 9.93. The molecule has 0 spiro atoms. The summed E-state index contributed by atoms with van der Waals surface area (Å²) in [6.07, 6.45) is 3.25. The molecule has 0 unspecified atom stereocenters. The van der Waals surface area contributed by atoms with Gasteiger partial charge in [-0.1, -0.05) is 18.2 Å². The van der Waals surface area contributed by atoms with Crippen LogP contribution in [0.4, 0.5) is 11.4 Å². The first-order valence-electron chi connectivity index (χ1n) is 8.73. The third-order valence-corrected chi connectivity index (χ3v) is 3.85. The molecule has 0 fully saturated rings. The van der Waals surface area contributed by atoms with Gasteiger partial charge in [-0.05, 0) is 30.3 Å². The number of benzene rings is 2. The van der Waals surface area contributed by atoms with Crippen LogP contribution in [-0.4, -0.2) is 41.3 Å². The number of nitro benzene ring substituents is 1. The number of nitro groups is 1. The van der Waals surface area contributed by atoms with Crippen LogP contribution in [0.3, 0.4) is 0 Å². The maximum absolute atomic E-state index is 12.3. The summed E-state index contributed by atoms with van der Waals surface area (Å²) in [4.78, 5) is 36.2. The fraction of sp³-hybridized carbons (Fsp3) is 0.143. The van der Waals surface area contributed by atoms with Crippen LogP contribution < -0.4 is 10.1 Å². The van der Waals surface area contributed by atoms with Crippen molar-refractivity contribution in [1.82, 2.24) is 4.90 Å². The number of ether oxygens (including phenoxy) is 1. The lowest BCUT2D eigenvalue weighted by atomic mass is 10.2. The van der Waals surface area contributed by atoms with E-state index in [1.165, 1.54) is 24.3 Å². The highest BCUT2D eigenvalue weighted by molar-refractivity contribution is 6.04. The first-order chi connectivity index (χ1) is 13.9. The molecule has 0 heterocycles. The van der Waals surface area contributed by atoms with Crippen molar-refractivity contribution in [2.24, 2.45) is 0 Å². The number of anilines is 1. The van der Waals surface area contributed by atoms with Crippen molar-refractivity contribution >= 4 is 23.2 Å². The SMILES string of the molecule is C=CCN(CC=C)C(=O)COc1ccc(NC(=O)c2cccc([N+](=O)[O-])c2)cc1. The standard InChI is InChI=1S/C21H21N3O5/c1-3-12-23(13-4-2)20(25)15-29-19-10-8-17(9-11-19)22-21(26)16-6-5-7-18(14-16)24(27)28/h3-11,14H,1-2,12-13,15H2,(H,22,26). The molecule has 2 rings (SSSR count). The fourth-order valence-corrected chi connectivity index (χ4v) is 2.42. The van der Waals surface area contributed by atoms with E-state index >= 15 is 0 Å². The molecule has 0 aliphatic heterocycles. The van der Waals surface area contributed by atoms with Gasteiger partial charge in [0.15, 0.2) is 6.61 Å². The highest BCUT2D eigenvalue weighted by Gasteiger charge is 2.13. The van der Waals surface area contributed by atoms with Gasteiger partial charge in [0.05, 0.1) is 4.92 Å². The van der Waals surface area contributed by atoms with Crippen LogP contribution in [0.2, 0.25) is 0 Å². The lowest BCUT2D eigenvalue weighted by Crippen LogP contribution is -2.35. The summed E-state index contributed by atoms with van der Waals surface area (Å²) in [6, 6.07) is 11.9. The van der Waals surface area contributed by atoms with Crippen LogP contribution in [0.1, 0.15) is 10.4 Å². The molecule has 8 heteroatoms. The molecule has 1 N–H and O–H groups in total. The number of hydrogen-bond acceptors (Lipinski definition) is 5. The molecule has 8 nitrogen and oxygen atoms in total. The first kappa shape index (κ1) is 21.4. The average Bonchev–Trinajstić information content (AvgIpc) is 2.73. The highest BCUT2D eigenvalue weighted by atomic mass is 16.6. The second kappa shape index (κ2) is 10.4. The molecule has 2 aromatic carbocycles. The second-order valence-electron chi connectivity index (χ2n) is 5.95. The highest BCUT2D eigenvalue weighted by Crippen LogP contribution is 2.18. The summed E-state index contributed by atoms with van der Waals surface area (Å²) < 4.78 is 5.48. The minimum atomic E-state index is -0.560. The molecular weight excluding hydrogens is 374 g/mol. The van der Waals surface area contributed by atoms with Crippen molar-refractivity contribution in [1.29, 1.82) is 0 Å². The molecule has 0 saturated heterocycles. The molecule has 0 aromatic heterocycles. The van der Waals surface area contributed by atoms with E-state index in [0.717, 1.165) is 0 Å². The summed E-state index contributed by atoms with van der Waals surface area (Å²) in [5, 5.41) is 13.5. The Morgan fingerprint density at radius 1 is 1.10 bits per heavy atom. The van der Waals surface area contributed by atoms with E-state index in [4.69, 9.17) is 4.74 Å². The van der Waals surface area contributed by atoms with E-state index in [-0.39, 0.29) is 23.8 Å². The second-order valence-corrected chi connectivity index (χ2v) is 5.95. The lowest BCUT2D eigenvalue weighted by molar-refractivity contribution is -0.384. The summed E-state index contributed by atoms with van der Waals surface area (Å²) >= 11 is 0. The molecular formula is C21H21N3O5. The topological polar surface area (TPSA) is 102 Å². The summed E-state index contributed by atoms with van der Waals surface area (Å²) in [7, 11) is 0. The maximum atomic E-state index is 12.3. The van der Waals surface area contributed by atoms with E-state index in [9.17, 15) is 19.7 Å². The Bertz CT molecular complexity index is 899. The minimum absolute atomic E-state index is 0.138. The van der Waals surface area contributed by atoms with Gasteiger partial charge in [-0.2, -0.15) is 0 Å². The number of nitrogens with one attached hydrogen (secondary N) is 1. The Labute approximate surface area is 168 Å². The van der Waals surface area contributed by atoms with Gasteiger partial charge >= 0.3 is 0 Å². The predicted octanol–water partition coefficient (Wildman–Crippen LogP) is 3.43. The van der Waals surface area contributed by atoms with Crippen LogP contribution in [-0.2, 0) is 4.79 Å². The zero-order valence-corrected chi connectivity index (χ0v) is 15.7. The number of amides is 2. The minimum Gasteiger partial charge on any atom is -0.484 e. The number of nitrogens with zero attached hydrogens (tertiary/aromatic N) is 2. The third kappa shape index (κ3) is 6.31. The molecule has 2 aromatic rings. The summed E-state index contributed by atoms with van der Waals surface area (Å²) in [5.74, 6) is -0.209. The van der Waals surface area contributed by atoms with Gasteiger partial charge in [-0.15, -0.1) is 13.2 Å². The Hall–Kier alpha value is -3.94. The molecule has 0 atom stereocenters. The third-order valence-electron chi connectivity index (χ3n) is 3.85. The molecule has 0 aliphatic rings. The molecule has 29 heavy (non-hydrogen) atoms. The fourth-order valence-electron chi connectivity index (χ4n) is 2.42.